The molecule has 0 radical (unpaired) electrons. The molecule has 0 bridgehead atoms. The minimum atomic E-state index is 0.313. The molecule has 1 aromatic rings. The lowest BCUT2D eigenvalue weighted by Gasteiger charge is -2.22. The van der Waals surface area contributed by atoms with E-state index in [4.69, 9.17) is 0 Å². The summed E-state index contributed by atoms with van der Waals surface area (Å²) in [6.45, 7) is 4.97. The van der Waals surface area contributed by atoms with Crippen LogP contribution >= 0.6 is 0 Å². The lowest BCUT2D eigenvalue weighted by atomic mass is 10.1. The molecule has 2 aliphatic rings. The van der Waals surface area contributed by atoms with Crippen molar-refractivity contribution in [3.8, 4) is 0 Å². The Kier molecular flexibility index (Phi) is 4.58. The lowest BCUT2D eigenvalue weighted by molar-refractivity contribution is 0.160. The van der Waals surface area contributed by atoms with Crippen LogP contribution in [0.25, 0.3) is 0 Å². The summed E-state index contributed by atoms with van der Waals surface area (Å²) in [7, 11) is 0. The number of aliphatic hydroxyl groups is 1. The third kappa shape index (κ3) is 3.15. The highest BCUT2D eigenvalue weighted by Gasteiger charge is 2.22. The predicted octanol–water partition coefficient (Wildman–Crippen LogP) is 2.29. The zero-order chi connectivity index (χ0) is 13.8. The van der Waals surface area contributed by atoms with E-state index >= 15 is 0 Å². The van der Waals surface area contributed by atoms with Gasteiger partial charge in [0, 0.05) is 31.4 Å². The van der Waals surface area contributed by atoms with Gasteiger partial charge in [0.15, 0.2) is 0 Å². The van der Waals surface area contributed by atoms with E-state index in [0.29, 0.717) is 12.6 Å². The minimum Gasteiger partial charge on any atom is -0.395 e. The summed E-state index contributed by atoms with van der Waals surface area (Å²) >= 11 is 0. The van der Waals surface area contributed by atoms with E-state index in [2.05, 4.69) is 34.1 Å². The first kappa shape index (κ1) is 13.9. The van der Waals surface area contributed by atoms with Crippen molar-refractivity contribution in [2.75, 3.05) is 37.7 Å². The van der Waals surface area contributed by atoms with E-state index in [1.54, 1.807) is 0 Å². The van der Waals surface area contributed by atoms with Crippen LogP contribution in [0.15, 0.2) is 24.3 Å². The number of likely N-dealkylation sites (tertiary alicyclic amines) is 1. The van der Waals surface area contributed by atoms with Crippen LogP contribution in [-0.4, -0.2) is 48.8 Å². The van der Waals surface area contributed by atoms with Gasteiger partial charge in [0.05, 0.1) is 6.61 Å². The third-order valence-electron chi connectivity index (χ3n) is 4.81. The Morgan fingerprint density at radius 1 is 1.00 bits per heavy atom. The van der Waals surface area contributed by atoms with Gasteiger partial charge in [-0.15, -0.1) is 0 Å². The van der Waals surface area contributed by atoms with Gasteiger partial charge in [0.25, 0.3) is 0 Å². The van der Waals surface area contributed by atoms with Crippen molar-refractivity contribution in [1.29, 1.82) is 0 Å². The number of rotatable bonds is 5. The predicted molar refractivity (Wildman–Crippen MR) is 83.3 cm³/mol. The van der Waals surface area contributed by atoms with Crippen molar-refractivity contribution in [1.82, 2.24) is 4.90 Å². The molecule has 0 amide bonds. The zero-order valence-corrected chi connectivity index (χ0v) is 12.3. The normalized spacial score (nSPS) is 23.6. The van der Waals surface area contributed by atoms with Crippen molar-refractivity contribution < 1.29 is 5.11 Å². The highest BCUT2D eigenvalue weighted by atomic mass is 16.3. The van der Waals surface area contributed by atoms with Crippen LogP contribution in [0, 0.1) is 0 Å². The van der Waals surface area contributed by atoms with Crippen LogP contribution < -0.4 is 4.90 Å². The highest BCUT2D eigenvalue weighted by molar-refractivity contribution is 5.48. The molecule has 0 aromatic heterocycles. The SMILES string of the molecule is OC[C@H]1CCCN1CCc1ccc(N2CCCC2)cc1. The Hall–Kier alpha value is -1.06. The molecule has 0 saturated carbocycles. The van der Waals surface area contributed by atoms with Crippen molar-refractivity contribution >= 4 is 5.69 Å². The van der Waals surface area contributed by atoms with Gasteiger partial charge in [-0.3, -0.25) is 4.90 Å². The van der Waals surface area contributed by atoms with Crippen molar-refractivity contribution in [3.63, 3.8) is 0 Å². The second-order valence-corrected chi connectivity index (χ2v) is 6.13. The van der Waals surface area contributed by atoms with Crippen LogP contribution in [0.2, 0.25) is 0 Å². The van der Waals surface area contributed by atoms with Crippen LogP contribution in [0.1, 0.15) is 31.2 Å². The van der Waals surface area contributed by atoms with Crippen LogP contribution in [-0.2, 0) is 6.42 Å². The summed E-state index contributed by atoms with van der Waals surface area (Å²) in [6.07, 6.45) is 6.15. The molecule has 0 spiro atoms. The number of benzene rings is 1. The average Bonchev–Trinajstić information content (AvgIpc) is 3.16. The van der Waals surface area contributed by atoms with Crippen LogP contribution in [0.4, 0.5) is 5.69 Å². The van der Waals surface area contributed by atoms with Crippen LogP contribution in [0.5, 0.6) is 0 Å². The Morgan fingerprint density at radius 3 is 2.45 bits per heavy atom. The maximum absolute atomic E-state index is 9.34. The Labute approximate surface area is 122 Å². The second-order valence-electron chi connectivity index (χ2n) is 6.13. The molecule has 3 nitrogen and oxygen atoms in total. The van der Waals surface area contributed by atoms with Crippen molar-refractivity contribution in [2.24, 2.45) is 0 Å². The first-order chi connectivity index (χ1) is 9.86. The number of nitrogens with zero attached hydrogens (tertiary/aromatic N) is 2. The molecule has 2 heterocycles. The smallest absolute Gasteiger partial charge is 0.0586 e. The maximum atomic E-state index is 9.34. The molecule has 0 unspecified atom stereocenters. The summed E-state index contributed by atoms with van der Waals surface area (Å²) < 4.78 is 0. The quantitative estimate of drug-likeness (QED) is 0.892. The molecule has 1 N–H and O–H groups in total. The molecule has 3 heteroatoms. The zero-order valence-electron chi connectivity index (χ0n) is 12.3. The van der Waals surface area contributed by atoms with Gasteiger partial charge < -0.3 is 10.0 Å². The number of anilines is 1. The van der Waals surface area contributed by atoms with E-state index in [0.717, 1.165) is 25.9 Å². The van der Waals surface area contributed by atoms with Gasteiger partial charge in [-0.2, -0.15) is 0 Å². The Bertz CT molecular complexity index is 412. The van der Waals surface area contributed by atoms with Gasteiger partial charge in [0.1, 0.15) is 0 Å². The first-order valence-electron chi connectivity index (χ1n) is 8.05. The molecule has 2 aliphatic heterocycles. The first-order valence-corrected chi connectivity index (χ1v) is 8.05. The molecule has 1 aromatic carbocycles. The lowest BCUT2D eigenvalue weighted by Crippen LogP contribution is -2.33. The Morgan fingerprint density at radius 2 is 1.75 bits per heavy atom. The summed E-state index contributed by atoms with van der Waals surface area (Å²) in [6, 6.07) is 9.50. The summed E-state index contributed by atoms with van der Waals surface area (Å²) in [4.78, 5) is 4.92. The third-order valence-corrected chi connectivity index (χ3v) is 4.81. The second kappa shape index (κ2) is 6.59. The Balaban J connectivity index is 1.52. The molecule has 1 atom stereocenters. The summed E-state index contributed by atoms with van der Waals surface area (Å²) in [5, 5.41) is 9.34. The monoisotopic (exact) mass is 274 g/mol. The van der Waals surface area contributed by atoms with E-state index < -0.39 is 0 Å². The molecule has 20 heavy (non-hydrogen) atoms. The molecule has 0 aliphatic carbocycles. The number of hydrogen-bond donors (Lipinski definition) is 1. The average molecular weight is 274 g/mol. The van der Waals surface area contributed by atoms with E-state index in [9.17, 15) is 5.11 Å². The van der Waals surface area contributed by atoms with Gasteiger partial charge in [-0.25, -0.2) is 0 Å². The van der Waals surface area contributed by atoms with E-state index in [-0.39, 0.29) is 0 Å². The molecular weight excluding hydrogens is 248 g/mol. The fourth-order valence-corrected chi connectivity index (χ4v) is 3.52. The fourth-order valence-electron chi connectivity index (χ4n) is 3.52. The number of aliphatic hydroxyl groups excluding tert-OH is 1. The fraction of sp³-hybridized carbons (Fsp3) is 0.647. The van der Waals surface area contributed by atoms with Gasteiger partial charge in [-0.05, 0) is 56.3 Å². The molecule has 110 valence electrons. The number of hydrogen-bond acceptors (Lipinski definition) is 3. The maximum Gasteiger partial charge on any atom is 0.0586 e. The molecule has 3 rings (SSSR count). The van der Waals surface area contributed by atoms with E-state index in [1.165, 1.54) is 43.6 Å². The molecular formula is C17H26N2O. The van der Waals surface area contributed by atoms with Crippen molar-refractivity contribution in [2.45, 2.75) is 38.1 Å². The minimum absolute atomic E-state index is 0.313. The van der Waals surface area contributed by atoms with E-state index in [1.807, 2.05) is 0 Å². The van der Waals surface area contributed by atoms with Gasteiger partial charge in [0.2, 0.25) is 0 Å². The van der Waals surface area contributed by atoms with Crippen LogP contribution in [0.3, 0.4) is 0 Å². The topological polar surface area (TPSA) is 26.7 Å². The van der Waals surface area contributed by atoms with Gasteiger partial charge in [-0.1, -0.05) is 12.1 Å². The molecule has 2 saturated heterocycles. The van der Waals surface area contributed by atoms with Gasteiger partial charge >= 0.3 is 0 Å². The van der Waals surface area contributed by atoms with Crippen molar-refractivity contribution in [3.05, 3.63) is 29.8 Å². The highest BCUT2D eigenvalue weighted by Crippen LogP contribution is 2.21. The standard InChI is InChI=1S/C17H26N2O/c20-14-17-4-3-12-19(17)13-9-15-5-7-16(8-6-15)18-10-1-2-11-18/h5-8,17,20H,1-4,9-14H2/t17-/m1/s1. The largest absolute Gasteiger partial charge is 0.395 e. The molecule has 2 fully saturated rings. The summed E-state index contributed by atoms with van der Waals surface area (Å²) in [5.41, 5.74) is 2.79. The summed E-state index contributed by atoms with van der Waals surface area (Å²) in [5.74, 6) is 0.